The van der Waals surface area contributed by atoms with Gasteiger partial charge in [0.15, 0.2) is 0 Å². The van der Waals surface area contributed by atoms with Crippen molar-refractivity contribution in [2.24, 2.45) is 0 Å². The number of ether oxygens (including phenoxy) is 1. The van der Waals surface area contributed by atoms with Gasteiger partial charge in [-0.2, -0.15) is 0 Å². The van der Waals surface area contributed by atoms with Gasteiger partial charge in [0.05, 0.1) is 12.7 Å². The van der Waals surface area contributed by atoms with Gasteiger partial charge in [-0.25, -0.2) is 0 Å². The first kappa shape index (κ1) is 12.9. The lowest BCUT2D eigenvalue weighted by Gasteiger charge is -2.37. The maximum Gasteiger partial charge on any atom is 0.0695 e. The Bertz CT molecular complexity index is 164. The van der Waals surface area contributed by atoms with Crippen molar-refractivity contribution in [3.05, 3.63) is 0 Å². The molecule has 0 unspecified atom stereocenters. The quantitative estimate of drug-likeness (QED) is 0.684. The van der Waals surface area contributed by atoms with E-state index in [0.29, 0.717) is 6.04 Å². The third kappa shape index (κ3) is 4.09. The van der Waals surface area contributed by atoms with Gasteiger partial charge in [0, 0.05) is 19.2 Å². The minimum Gasteiger partial charge on any atom is -0.391 e. The average molecular weight is 215 g/mol. The third-order valence-electron chi connectivity index (χ3n) is 3.30. The molecule has 90 valence electrons. The number of hydrogen-bond acceptors (Lipinski definition) is 3. The monoisotopic (exact) mass is 215 g/mol. The molecule has 1 saturated carbocycles. The average Bonchev–Trinajstić information content (AvgIpc) is 2.26. The molecule has 0 heterocycles. The van der Waals surface area contributed by atoms with Gasteiger partial charge in [-0.1, -0.05) is 19.8 Å². The summed E-state index contributed by atoms with van der Waals surface area (Å²) >= 11 is 0. The van der Waals surface area contributed by atoms with Gasteiger partial charge in [0.2, 0.25) is 0 Å². The van der Waals surface area contributed by atoms with Gasteiger partial charge in [-0.15, -0.1) is 0 Å². The molecule has 0 spiro atoms. The Hall–Kier alpha value is -0.120. The van der Waals surface area contributed by atoms with E-state index >= 15 is 0 Å². The summed E-state index contributed by atoms with van der Waals surface area (Å²) in [6, 6.07) is 0.365. The lowest BCUT2D eigenvalue weighted by atomic mass is 9.91. The maximum atomic E-state index is 9.94. The number of rotatable bonds is 6. The number of likely N-dealkylation sites (N-methyl/N-ethyl adjacent to an activating group) is 1. The standard InChI is InChI=1S/C12H25NO2/c1-3-13(9-10-15-4-2)11-7-5-6-8-12(11)14/h11-12,14H,3-10H2,1-2H3/t11-,12-/m1/s1. The molecule has 0 aromatic carbocycles. The lowest BCUT2D eigenvalue weighted by Crippen LogP contribution is -2.46. The normalized spacial score (nSPS) is 27.2. The second kappa shape index (κ2) is 7.20. The van der Waals surface area contributed by atoms with Crippen molar-refractivity contribution < 1.29 is 9.84 Å². The van der Waals surface area contributed by atoms with E-state index in [1.807, 2.05) is 6.92 Å². The van der Waals surface area contributed by atoms with Crippen LogP contribution in [0.4, 0.5) is 0 Å². The molecule has 1 N–H and O–H groups in total. The van der Waals surface area contributed by atoms with E-state index in [9.17, 15) is 5.11 Å². The fraction of sp³-hybridized carbons (Fsp3) is 1.00. The molecule has 3 heteroatoms. The Morgan fingerprint density at radius 1 is 1.27 bits per heavy atom. The molecule has 3 nitrogen and oxygen atoms in total. The molecule has 2 atom stereocenters. The Balaban J connectivity index is 2.34. The Labute approximate surface area is 93.4 Å². The molecule has 0 amide bonds. The highest BCUT2D eigenvalue weighted by atomic mass is 16.5. The van der Waals surface area contributed by atoms with E-state index in [1.54, 1.807) is 0 Å². The van der Waals surface area contributed by atoms with E-state index < -0.39 is 0 Å². The first-order valence-electron chi connectivity index (χ1n) is 6.29. The summed E-state index contributed by atoms with van der Waals surface area (Å²) in [4.78, 5) is 2.36. The van der Waals surface area contributed by atoms with Crippen molar-refractivity contribution in [3.8, 4) is 0 Å². The van der Waals surface area contributed by atoms with Gasteiger partial charge >= 0.3 is 0 Å². The molecule has 1 rings (SSSR count). The number of hydrogen-bond donors (Lipinski definition) is 1. The van der Waals surface area contributed by atoms with E-state index in [0.717, 1.165) is 39.1 Å². The molecule has 0 bridgehead atoms. The molecular formula is C12H25NO2. The predicted octanol–water partition coefficient (Wildman–Crippen LogP) is 1.65. The fourth-order valence-corrected chi connectivity index (χ4v) is 2.40. The van der Waals surface area contributed by atoms with Crippen LogP contribution in [0.2, 0.25) is 0 Å². The van der Waals surface area contributed by atoms with Crippen LogP contribution in [-0.2, 0) is 4.74 Å². The molecule has 0 aromatic rings. The second-order valence-electron chi connectivity index (χ2n) is 4.24. The summed E-state index contributed by atoms with van der Waals surface area (Å²) in [7, 11) is 0. The topological polar surface area (TPSA) is 32.7 Å². The first-order valence-corrected chi connectivity index (χ1v) is 6.29. The number of aliphatic hydroxyl groups is 1. The SMILES string of the molecule is CCOCCN(CC)[C@@H]1CCCC[C@H]1O. The molecule has 0 aliphatic heterocycles. The molecule has 15 heavy (non-hydrogen) atoms. The summed E-state index contributed by atoms with van der Waals surface area (Å²) in [6.07, 6.45) is 4.42. The molecule has 1 aliphatic carbocycles. The summed E-state index contributed by atoms with van der Waals surface area (Å²) in [6.45, 7) is 7.71. The highest BCUT2D eigenvalue weighted by Gasteiger charge is 2.27. The lowest BCUT2D eigenvalue weighted by molar-refractivity contribution is 0.00776. The Kier molecular flexibility index (Phi) is 6.22. The van der Waals surface area contributed by atoms with Crippen molar-refractivity contribution in [2.45, 2.75) is 51.7 Å². The van der Waals surface area contributed by atoms with Crippen LogP contribution in [0.15, 0.2) is 0 Å². The van der Waals surface area contributed by atoms with Crippen LogP contribution in [0.3, 0.4) is 0 Å². The predicted molar refractivity (Wildman–Crippen MR) is 62.0 cm³/mol. The van der Waals surface area contributed by atoms with Crippen molar-refractivity contribution in [3.63, 3.8) is 0 Å². The summed E-state index contributed by atoms with van der Waals surface area (Å²) in [5.41, 5.74) is 0. The summed E-state index contributed by atoms with van der Waals surface area (Å²) in [5, 5.41) is 9.94. The molecule has 1 fully saturated rings. The number of nitrogens with zero attached hydrogens (tertiary/aromatic N) is 1. The van der Waals surface area contributed by atoms with Crippen molar-refractivity contribution in [2.75, 3.05) is 26.3 Å². The van der Waals surface area contributed by atoms with Crippen LogP contribution >= 0.6 is 0 Å². The molecule has 0 aromatic heterocycles. The largest absolute Gasteiger partial charge is 0.391 e. The molecule has 1 aliphatic rings. The minimum atomic E-state index is -0.125. The van der Waals surface area contributed by atoms with Gasteiger partial charge in [-0.3, -0.25) is 4.90 Å². The Morgan fingerprint density at radius 3 is 2.60 bits per heavy atom. The van der Waals surface area contributed by atoms with Crippen LogP contribution in [-0.4, -0.2) is 48.5 Å². The molecule has 0 radical (unpaired) electrons. The van der Waals surface area contributed by atoms with E-state index in [-0.39, 0.29) is 6.10 Å². The Morgan fingerprint density at radius 2 is 2.00 bits per heavy atom. The summed E-state index contributed by atoms with van der Waals surface area (Å²) < 4.78 is 5.37. The van der Waals surface area contributed by atoms with Crippen LogP contribution in [0, 0.1) is 0 Å². The fourth-order valence-electron chi connectivity index (χ4n) is 2.40. The van der Waals surface area contributed by atoms with Crippen LogP contribution in [0.5, 0.6) is 0 Å². The zero-order valence-electron chi connectivity index (χ0n) is 10.1. The first-order chi connectivity index (χ1) is 7.29. The zero-order valence-corrected chi connectivity index (χ0v) is 10.1. The van der Waals surface area contributed by atoms with Gasteiger partial charge < -0.3 is 9.84 Å². The van der Waals surface area contributed by atoms with Crippen molar-refractivity contribution >= 4 is 0 Å². The zero-order chi connectivity index (χ0) is 11.1. The smallest absolute Gasteiger partial charge is 0.0695 e. The van der Waals surface area contributed by atoms with E-state index in [2.05, 4.69) is 11.8 Å². The van der Waals surface area contributed by atoms with Gasteiger partial charge in [0.1, 0.15) is 0 Å². The van der Waals surface area contributed by atoms with Crippen LogP contribution < -0.4 is 0 Å². The second-order valence-corrected chi connectivity index (χ2v) is 4.24. The van der Waals surface area contributed by atoms with Crippen LogP contribution in [0.1, 0.15) is 39.5 Å². The third-order valence-corrected chi connectivity index (χ3v) is 3.30. The van der Waals surface area contributed by atoms with Gasteiger partial charge in [-0.05, 0) is 26.3 Å². The highest BCUT2D eigenvalue weighted by molar-refractivity contribution is 4.82. The van der Waals surface area contributed by atoms with E-state index in [1.165, 1.54) is 12.8 Å². The number of aliphatic hydroxyl groups excluding tert-OH is 1. The van der Waals surface area contributed by atoms with Crippen molar-refractivity contribution in [1.29, 1.82) is 0 Å². The van der Waals surface area contributed by atoms with Crippen LogP contribution in [0.25, 0.3) is 0 Å². The van der Waals surface area contributed by atoms with Gasteiger partial charge in [0.25, 0.3) is 0 Å². The molecule has 0 saturated heterocycles. The minimum absolute atomic E-state index is 0.125. The maximum absolute atomic E-state index is 9.94. The van der Waals surface area contributed by atoms with E-state index in [4.69, 9.17) is 4.74 Å². The highest BCUT2D eigenvalue weighted by Crippen LogP contribution is 2.22. The van der Waals surface area contributed by atoms with Crippen molar-refractivity contribution in [1.82, 2.24) is 4.90 Å². The summed E-state index contributed by atoms with van der Waals surface area (Å²) in [5.74, 6) is 0. The molecular weight excluding hydrogens is 190 g/mol.